The van der Waals surface area contributed by atoms with Gasteiger partial charge < -0.3 is 14.0 Å². The molecular formula is C14H18BrN3O. The highest BCUT2D eigenvalue weighted by Gasteiger charge is 2.21. The van der Waals surface area contributed by atoms with Crippen LogP contribution in [0.2, 0.25) is 0 Å². The Kier molecular flexibility index (Phi) is 3.75. The lowest BCUT2D eigenvalue weighted by Crippen LogP contribution is -2.31. The van der Waals surface area contributed by atoms with Gasteiger partial charge >= 0.3 is 0 Å². The first-order chi connectivity index (χ1) is 9.29. The van der Waals surface area contributed by atoms with Gasteiger partial charge in [0.15, 0.2) is 5.82 Å². The number of fused-ring (bicyclic) bond motifs is 1. The number of halogens is 1. The van der Waals surface area contributed by atoms with E-state index in [1.165, 1.54) is 5.69 Å². The summed E-state index contributed by atoms with van der Waals surface area (Å²) >= 11 is 3.59. The lowest BCUT2D eigenvalue weighted by molar-refractivity contribution is 0.0820. The third-order valence-corrected chi connectivity index (χ3v) is 4.02. The third-order valence-electron chi connectivity index (χ3n) is 3.49. The van der Waals surface area contributed by atoms with E-state index in [-0.39, 0.29) is 6.10 Å². The van der Waals surface area contributed by atoms with Crippen molar-refractivity contribution in [2.75, 3.05) is 24.6 Å². The minimum absolute atomic E-state index is 0.260. The van der Waals surface area contributed by atoms with Crippen LogP contribution in [-0.4, -0.2) is 35.2 Å². The molecule has 1 aliphatic heterocycles. The number of rotatable bonds is 2. The van der Waals surface area contributed by atoms with Crippen molar-refractivity contribution >= 4 is 27.4 Å². The Morgan fingerprint density at radius 3 is 3.21 bits per heavy atom. The van der Waals surface area contributed by atoms with Crippen LogP contribution in [0.15, 0.2) is 24.4 Å². The van der Waals surface area contributed by atoms with Crippen molar-refractivity contribution in [3.05, 3.63) is 30.1 Å². The molecule has 0 bridgehead atoms. The Balaban J connectivity index is 2.03. The van der Waals surface area contributed by atoms with Gasteiger partial charge in [0, 0.05) is 31.2 Å². The van der Waals surface area contributed by atoms with Gasteiger partial charge in [-0.05, 0) is 25.5 Å². The number of ether oxygens (including phenoxy) is 1. The highest BCUT2D eigenvalue weighted by molar-refractivity contribution is 9.08. The van der Waals surface area contributed by atoms with Gasteiger partial charge in [0.2, 0.25) is 0 Å². The molecular weight excluding hydrogens is 306 g/mol. The van der Waals surface area contributed by atoms with Gasteiger partial charge in [0.05, 0.1) is 11.8 Å². The first-order valence-electron chi connectivity index (χ1n) is 6.68. The van der Waals surface area contributed by atoms with Gasteiger partial charge in [0.25, 0.3) is 0 Å². The molecule has 1 saturated heterocycles. The van der Waals surface area contributed by atoms with E-state index in [0.717, 1.165) is 42.9 Å². The van der Waals surface area contributed by atoms with Crippen molar-refractivity contribution in [3.63, 3.8) is 0 Å². The fourth-order valence-corrected chi connectivity index (χ4v) is 3.12. The number of nitrogens with zero attached hydrogens (tertiary/aromatic N) is 3. The molecule has 0 saturated carbocycles. The summed E-state index contributed by atoms with van der Waals surface area (Å²) in [6, 6.07) is 6.12. The molecule has 1 atom stereocenters. The third kappa shape index (κ3) is 2.49. The summed E-state index contributed by atoms with van der Waals surface area (Å²) < 4.78 is 7.87. The van der Waals surface area contributed by atoms with Crippen molar-refractivity contribution in [3.8, 4) is 0 Å². The van der Waals surface area contributed by atoms with Gasteiger partial charge in [-0.15, -0.1) is 0 Å². The zero-order valence-electron chi connectivity index (χ0n) is 11.1. The summed E-state index contributed by atoms with van der Waals surface area (Å²) in [6.45, 7) is 4.88. The summed E-state index contributed by atoms with van der Waals surface area (Å²) in [5.74, 6) is 1.08. The molecule has 0 amide bonds. The van der Waals surface area contributed by atoms with Crippen LogP contribution < -0.4 is 4.90 Å². The lowest BCUT2D eigenvalue weighted by atomic mass is 10.3. The van der Waals surface area contributed by atoms with E-state index in [0.29, 0.717) is 0 Å². The molecule has 2 aromatic rings. The maximum atomic E-state index is 5.71. The minimum Gasteiger partial charge on any atom is -0.377 e. The molecule has 1 unspecified atom stereocenters. The van der Waals surface area contributed by atoms with Crippen molar-refractivity contribution < 1.29 is 4.74 Å². The number of imidazole rings is 1. The fourth-order valence-electron chi connectivity index (χ4n) is 2.60. The quantitative estimate of drug-likeness (QED) is 0.796. The van der Waals surface area contributed by atoms with Crippen LogP contribution in [0, 0.1) is 0 Å². The van der Waals surface area contributed by atoms with Crippen molar-refractivity contribution in [2.45, 2.75) is 24.8 Å². The number of alkyl halides is 1. The number of hydrogen-bond acceptors (Lipinski definition) is 3. The highest BCUT2D eigenvalue weighted by atomic mass is 79.9. The summed E-state index contributed by atoms with van der Waals surface area (Å²) in [7, 11) is 0. The van der Waals surface area contributed by atoms with Crippen LogP contribution in [0.3, 0.4) is 0 Å². The molecule has 3 rings (SSSR count). The summed E-state index contributed by atoms with van der Waals surface area (Å²) in [6.07, 6.45) is 3.38. The van der Waals surface area contributed by atoms with Crippen LogP contribution in [-0.2, 0) is 10.1 Å². The normalized spacial score (nSPS) is 20.7. The zero-order chi connectivity index (χ0) is 13.2. The molecule has 0 spiro atoms. The van der Waals surface area contributed by atoms with Crippen LogP contribution >= 0.6 is 15.9 Å². The molecule has 0 aromatic carbocycles. The molecule has 0 radical (unpaired) electrons. The van der Waals surface area contributed by atoms with E-state index in [1.807, 2.05) is 18.2 Å². The molecule has 5 heteroatoms. The molecule has 3 heterocycles. The predicted molar refractivity (Wildman–Crippen MR) is 80.1 cm³/mol. The molecule has 4 nitrogen and oxygen atoms in total. The smallest absolute Gasteiger partial charge is 0.152 e. The van der Waals surface area contributed by atoms with Crippen molar-refractivity contribution in [1.82, 2.24) is 9.38 Å². The van der Waals surface area contributed by atoms with Crippen LogP contribution in [0.25, 0.3) is 5.65 Å². The lowest BCUT2D eigenvalue weighted by Gasteiger charge is -2.22. The van der Waals surface area contributed by atoms with Gasteiger partial charge in [-0.3, -0.25) is 0 Å². The molecule has 19 heavy (non-hydrogen) atoms. The molecule has 102 valence electrons. The second-order valence-corrected chi connectivity index (χ2v) is 5.49. The predicted octanol–water partition coefficient (Wildman–Crippen LogP) is 2.84. The Bertz CT molecular complexity index is 569. The van der Waals surface area contributed by atoms with Crippen LogP contribution in [0.1, 0.15) is 19.0 Å². The van der Waals surface area contributed by atoms with E-state index in [2.05, 4.69) is 38.4 Å². The van der Waals surface area contributed by atoms with E-state index < -0.39 is 0 Å². The monoisotopic (exact) mass is 323 g/mol. The van der Waals surface area contributed by atoms with Gasteiger partial charge in [0.1, 0.15) is 5.65 Å². The van der Waals surface area contributed by atoms with Crippen LogP contribution in [0.5, 0.6) is 0 Å². The molecule has 0 N–H and O–H groups in total. The van der Waals surface area contributed by atoms with Gasteiger partial charge in [-0.2, -0.15) is 0 Å². The average Bonchev–Trinajstić information content (AvgIpc) is 2.66. The second-order valence-electron chi connectivity index (χ2n) is 4.93. The first kappa shape index (κ1) is 12.9. The molecule has 1 fully saturated rings. The Morgan fingerprint density at radius 2 is 2.37 bits per heavy atom. The summed E-state index contributed by atoms with van der Waals surface area (Å²) in [5, 5.41) is 0.805. The maximum Gasteiger partial charge on any atom is 0.152 e. The van der Waals surface area contributed by atoms with E-state index in [9.17, 15) is 0 Å². The second kappa shape index (κ2) is 5.51. The highest BCUT2D eigenvalue weighted by Crippen LogP contribution is 2.25. The topological polar surface area (TPSA) is 29.8 Å². The Hall–Kier alpha value is -1.07. The Labute approximate surface area is 121 Å². The largest absolute Gasteiger partial charge is 0.377 e. The number of pyridine rings is 1. The van der Waals surface area contributed by atoms with Gasteiger partial charge in [-0.25, -0.2) is 4.98 Å². The molecule has 0 aliphatic carbocycles. The SMILES string of the molecule is CC1CN(c2nc3ccccn3c2CBr)CCCO1. The van der Waals surface area contributed by atoms with E-state index >= 15 is 0 Å². The first-order valence-corrected chi connectivity index (χ1v) is 7.80. The zero-order valence-corrected chi connectivity index (χ0v) is 12.6. The van der Waals surface area contributed by atoms with Gasteiger partial charge in [-0.1, -0.05) is 22.0 Å². The van der Waals surface area contributed by atoms with E-state index in [4.69, 9.17) is 9.72 Å². The van der Waals surface area contributed by atoms with Crippen LogP contribution in [0.4, 0.5) is 5.82 Å². The molecule has 1 aliphatic rings. The van der Waals surface area contributed by atoms with Crippen molar-refractivity contribution in [1.29, 1.82) is 0 Å². The van der Waals surface area contributed by atoms with Crippen molar-refractivity contribution in [2.24, 2.45) is 0 Å². The average molecular weight is 324 g/mol. The number of hydrogen-bond donors (Lipinski definition) is 0. The fraction of sp³-hybridized carbons (Fsp3) is 0.500. The number of aromatic nitrogens is 2. The summed E-state index contributed by atoms with van der Waals surface area (Å²) in [4.78, 5) is 7.14. The standard InChI is InChI=1S/C14H18BrN3O/c1-11-10-17(6-4-8-19-11)14-12(9-15)18-7-3-2-5-13(18)16-14/h2-3,5,7,11H,4,6,8-10H2,1H3. The Morgan fingerprint density at radius 1 is 1.47 bits per heavy atom. The number of anilines is 1. The maximum absolute atomic E-state index is 5.71. The minimum atomic E-state index is 0.260. The summed E-state index contributed by atoms with van der Waals surface area (Å²) in [5.41, 5.74) is 2.22. The van der Waals surface area contributed by atoms with E-state index in [1.54, 1.807) is 0 Å². The molecule has 2 aromatic heterocycles.